The van der Waals surface area contributed by atoms with E-state index >= 15 is 0 Å². The Labute approximate surface area is 50.3 Å². The molecule has 5 heteroatoms. The lowest BCUT2D eigenvalue weighted by Crippen LogP contribution is -2.52. The second-order valence-corrected chi connectivity index (χ2v) is 2.49. The van der Waals surface area contributed by atoms with Crippen molar-refractivity contribution in [2.45, 2.75) is 5.92 Å². The van der Waals surface area contributed by atoms with Gasteiger partial charge in [0, 0.05) is 12.1 Å². The zero-order chi connectivity index (χ0) is 6.20. The molecule has 0 bridgehead atoms. The molecule has 1 aliphatic heterocycles. The lowest BCUT2D eigenvalue weighted by atomic mass is 10.2. The summed E-state index contributed by atoms with van der Waals surface area (Å²) in [7, 11) is 0. The average molecular weight is 140 g/mol. The maximum atomic E-state index is 11.9. The van der Waals surface area contributed by atoms with Gasteiger partial charge in [0.25, 0.3) is 5.92 Å². The summed E-state index contributed by atoms with van der Waals surface area (Å²) < 4.78 is 25.1. The summed E-state index contributed by atoms with van der Waals surface area (Å²) in [6.45, 7) is -0.400. The van der Waals surface area contributed by atoms with Crippen molar-refractivity contribution in [3.05, 3.63) is 0 Å². The number of nitrogens with two attached hydrogens (primary N) is 1. The maximum Gasteiger partial charge on any atom is 0.274 e. The Morgan fingerprint density at radius 1 is 1.50 bits per heavy atom. The molecular formula is C3H6F2N2S. The molecule has 1 rings (SSSR count). The van der Waals surface area contributed by atoms with Crippen LogP contribution in [-0.4, -0.2) is 23.3 Å². The summed E-state index contributed by atoms with van der Waals surface area (Å²) >= 11 is 0.867. The van der Waals surface area contributed by atoms with Crippen molar-refractivity contribution in [2.75, 3.05) is 13.1 Å². The molecular weight excluding hydrogens is 134 g/mol. The van der Waals surface area contributed by atoms with Crippen LogP contribution in [0.25, 0.3) is 0 Å². The van der Waals surface area contributed by atoms with E-state index in [-0.39, 0.29) is 13.1 Å². The molecule has 0 aromatic carbocycles. The Bertz CT molecular complexity index is 89.3. The lowest BCUT2D eigenvalue weighted by molar-refractivity contribution is -0.0905. The van der Waals surface area contributed by atoms with Crippen LogP contribution in [0.2, 0.25) is 0 Å². The van der Waals surface area contributed by atoms with Crippen LogP contribution >= 0.6 is 12.1 Å². The fraction of sp³-hybridized carbons (Fsp3) is 1.00. The summed E-state index contributed by atoms with van der Waals surface area (Å²) in [5.74, 6) is -2.48. The number of nitrogens with zero attached hydrogens (tertiary/aromatic N) is 1. The van der Waals surface area contributed by atoms with E-state index in [1.54, 1.807) is 0 Å². The van der Waals surface area contributed by atoms with Crippen molar-refractivity contribution in [1.29, 1.82) is 0 Å². The first-order valence-corrected chi connectivity index (χ1v) is 2.97. The third-order valence-electron chi connectivity index (χ3n) is 0.964. The minimum Gasteiger partial charge on any atom is -0.264 e. The molecule has 0 spiro atoms. The molecule has 2 nitrogen and oxygen atoms in total. The van der Waals surface area contributed by atoms with Crippen molar-refractivity contribution in [3.63, 3.8) is 0 Å². The smallest absolute Gasteiger partial charge is 0.264 e. The lowest BCUT2D eigenvalue weighted by Gasteiger charge is -2.35. The summed E-state index contributed by atoms with van der Waals surface area (Å²) in [6.07, 6.45) is 0. The van der Waals surface area contributed by atoms with Crippen molar-refractivity contribution >= 4 is 12.1 Å². The first-order chi connectivity index (χ1) is 3.64. The molecule has 48 valence electrons. The second-order valence-electron chi connectivity index (χ2n) is 1.76. The van der Waals surface area contributed by atoms with Crippen molar-refractivity contribution in [3.8, 4) is 0 Å². The van der Waals surface area contributed by atoms with Crippen molar-refractivity contribution in [1.82, 2.24) is 4.31 Å². The van der Waals surface area contributed by atoms with Gasteiger partial charge in [0.2, 0.25) is 0 Å². The number of alkyl halides is 2. The molecule has 8 heavy (non-hydrogen) atoms. The maximum absolute atomic E-state index is 11.9. The molecule has 1 aliphatic rings. The van der Waals surface area contributed by atoms with Gasteiger partial charge in [0.15, 0.2) is 0 Å². The van der Waals surface area contributed by atoms with Crippen molar-refractivity contribution in [2.24, 2.45) is 5.14 Å². The number of rotatable bonds is 1. The number of hydrogen-bond acceptors (Lipinski definition) is 3. The molecule has 0 aliphatic carbocycles. The van der Waals surface area contributed by atoms with E-state index < -0.39 is 5.92 Å². The van der Waals surface area contributed by atoms with Gasteiger partial charge in [-0.25, -0.2) is 13.1 Å². The molecule has 0 amide bonds. The van der Waals surface area contributed by atoms with E-state index in [0.29, 0.717) is 0 Å². The monoisotopic (exact) mass is 140 g/mol. The molecule has 2 N–H and O–H groups in total. The molecule has 0 radical (unpaired) electrons. The SMILES string of the molecule is NSN1CC(F)(F)C1. The van der Waals surface area contributed by atoms with Gasteiger partial charge in [0.05, 0.1) is 13.1 Å². The topological polar surface area (TPSA) is 29.3 Å². The Balaban J connectivity index is 2.21. The van der Waals surface area contributed by atoms with Gasteiger partial charge in [-0.05, 0) is 0 Å². The average Bonchev–Trinajstić information content (AvgIpc) is 1.60. The van der Waals surface area contributed by atoms with Gasteiger partial charge in [-0.2, -0.15) is 0 Å². The predicted molar refractivity (Wildman–Crippen MR) is 28.3 cm³/mol. The highest BCUT2D eigenvalue weighted by molar-refractivity contribution is 7.94. The molecule has 1 saturated heterocycles. The highest BCUT2D eigenvalue weighted by Crippen LogP contribution is 2.29. The van der Waals surface area contributed by atoms with E-state index in [2.05, 4.69) is 0 Å². The van der Waals surface area contributed by atoms with Gasteiger partial charge in [-0.15, -0.1) is 0 Å². The van der Waals surface area contributed by atoms with Crippen LogP contribution in [0.5, 0.6) is 0 Å². The third-order valence-corrected chi connectivity index (χ3v) is 1.52. The largest absolute Gasteiger partial charge is 0.274 e. The molecule has 0 aromatic rings. The zero-order valence-corrected chi connectivity index (χ0v) is 4.92. The minimum absolute atomic E-state index is 0.200. The first kappa shape index (κ1) is 6.25. The van der Waals surface area contributed by atoms with E-state index in [1.807, 2.05) is 0 Å². The van der Waals surface area contributed by atoms with Gasteiger partial charge in [-0.1, -0.05) is 0 Å². The Morgan fingerprint density at radius 2 is 2.00 bits per heavy atom. The Kier molecular flexibility index (Phi) is 1.42. The zero-order valence-electron chi connectivity index (χ0n) is 4.10. The van der Waals surface area contributed by atoms with Crippen molar-refractivity contribution < 1.29 is 8.78 Å². The van der Waals surface area contributed by atoms with Crippen LogP contribution < -0.4 is 5.14 Å². The van der Waals surface area contributed by atoms with Crippen LogP contribution in [0.1, 0.15) is 0 Å². The van der Waals surface area contributed by atoms with Crippen LogP contribution in [0, 0.1) is 0 Å². The molecule has 0 saturated carbocycles. The number of halogens is 2. The molecule has 0 atom stereocenters. The molecule has 0 unspecified atom stereocenters. The normalized spacial score (nSPS) is 27.4. The summed E-state index contributed by atoms with van der Waals surface area (Å²) in [6, 6.07) is 0. The third kappa shape index (κ3) is 1.10. The van der Waals surface area contributed by atoms with E-state index in [9.17, 15) is 8.78 Å². The highest BCUT2D eigenvalue weighted by atomic mass is 32.2. The van der Waals surface area contributed by atoms with E-state index in [1.165, 1.54) is 4.31 Å². The van der Waals surface area contributed by atoms with Crippen LogP contribution in [-0.2, 0) is 0 Å². The van der Waals surface area contributed by atoms with Crippen LogP contribution in [0.15, 0.2) is 0 Å². The van der Waals surface area contributed by atoms with Gasteiger partial charge in [0.1, 0.15) is 0 Å². The minimum atomic E-state index is -2.48. The van der Waals surface area contributed by atoms with E-state index in [0.717, 1.165) is 12.1 Å². The molecule has 1 heterocycles. The van der Waals surface area contributed by atoms with Crippen LogP contribution in [0.3, 0.4) is 0 Å². The summed E-state index contributed by atoms with van der Waals surface area (Å²) in [4.78, 5) is 0. The van der Waals surface area contributed by atoms with Gasteiger partial charge >= 0.3 is 0 Å². The predicted octanol–water partition coefficient (Wildman–Crippen LogP) is 0.459. The summed E-state index contributed by atoms with van der Waals surface area (Å²) in [5.41, 5.74) is 0. The summed E-state index contributed by atoms with van der Waals surface area (Å²) in [5, 5.41) is 4.96. The number of hydrogen-bond donors (Lipinski definition) is 1. The Hall–Kier alpha value is 0.130. The van der Waals surface area contributed by atoms with Gasteiger partial charge < -0.3 is 0 Å². The Morgan fingerprint density at radius 3 is 2.12 bits per heavy atom. The standard InChI is InChI=1S/C3H6F2N2S/c4-3(5)1-7(2-3)8-6/h1-2,6H2. The van der Waals surface area contributed by atoms with Crippen LogP contribution in [0.4, 0.5) is 8.78 Å². The quantitative estimate of drug-likeness (QED) is 0.536. The molecule has 0 aromatic heterocycles. The highest BCUT2D eigenvalue weighted by Gasteiger charge is 2.43. The first-order valence-electron chi connectivity index (χ1n) is 2.14. The second kappa shape index (κ2) is 1.82. The molecule has 1 fully saturated rings. The fourth-order valence-electron chi connectivity index (χ4n) is 0.544. The van der Waals surface area contributed by atoms with E-state index in [4.69, 9.17) is 5.14 Å². The fourth-order valence-corrected chi connectivity index (χ4v) is 1.07. The van der Waals surface area contributed by atoms with Gasteiger partial charge in [-0.3, -0.25) is 5.14 Å².